The molecule has 0 N–H and O–H groups in total. The van der Waals surface area contributed by atoms with E-state index < -0.39 is 34.2 Å². The molecule has 0 spiro atoms. The summed E-state index contributed by atoms with van der Waals surface area (Å²) in [6.07, 6.45) is 0.839. The molecule has 1 aromatic rings. The number of carbonyl (C=O) groups is 2. The molecule has 0 aliphatic carbocycles. The number of esters is 1. The molecule has 3 rings (SSSR count). The van der Waals surface area contributed by atoms with E-state index in [0.29, 0.717) is 23.6 Å². The van der Waals surface area contributed by atoms with Crippen LogP contribution in [-0.4, -0.2) is 63.0 Å². The molecule has 0 aromatic heterocycles. The Morgan fingerprint density at radius 3 is 2.85 bits per heavy atom. The molecule has 0 radical (unpaired) electrons. The first-order chi connectivity index (χ1) is 12.2. The van der Waals surface area contributed by atoms with Gasteiger partial charge in [-0.3, -0.25) is 9.59 Å². The molecule has 142 valence electrons. The summed E-state index contributed by atoms with van der Waals surface area (Å²) in [6, 6.07) is 4.86. The SMILES string of the molecule is CN(C(=O)COC(=O)[C@@H]1COc2ccc(Cl)cc2C1)[C@@H]1CCS(=O)(=O)C1. The van der Waals surface area contributed by atoms with Gasteiger partial charge in [0.2, 0.25) is 0 Å². The zero-order valence-corrected chi connectivity index (χ0v) is 15.9. The number of fused-ring (bicyclic) bond motifs is 1. The van der Waals surface area contributed by atoms with Crippen LogP contribution in [0.5, 0.6) is 5.75 Å². The summed E-state index contributed by atoms with van der Waals surface area (Å²) in [5, 5.41) is 0.560. The Kier molecular flexibility index (Phi) is 5.43. The quantitative estimate of drug-likeness (QED) is 0.701. The predicted octanol–water partition coefficient (Wildman–Crippen LogP) is 1.08. The van der Waals surface area contributed by atoms with Crippen LogP contribution < -0.4 is 4.74 Å². The monoisotopic (exact) mass is 401 g/mol. The maximum absolute atomic E-state index is 12.2. The summed E-state index contributed by atoms with van der Waals surface area (Å²) in [6.45, 7) is -0.233. The fourth-order valence-electron chi connectivity index (χ4n) is 3.15. The molecule has 1 aromatic carbocycles. The van der Waals surface area contributed by atoms with Crippen molar-refractivity contribution in [1.82, 2.24) is 4.90 Å². The molecular formula is C17H20ClNO6S. The largest absolute Gasteiger partial charge is 0.492 e. The number of sulfone groups is 1. The molecule has 2 atom stereocenters. The van der Waals surface area contributed by atoms with E-state index >= 15 is 0 Å². The van der Waals surface area contributed by atoms with E-state index in [1.165, 1.54) is 11.9 Å². The van der Waals surface area contributed by atoms with Crippen molar-refractivity contribution in [2.45, 2.75) is 18.9 Å². The number of hydrogen-bond acceptors (Lipinski definition) is 6. The normalized spacial score (nSPS) is 23.6. The summed E-state index contributed by atoms with van der Waals surface area (Å²) >= 11 is 5.96. The highest BCUT2D eigenvalue weighted by Gasteiger charge is 2.33. The second-order valence-corrected chi connectivity index (χ2v) is 9.30. The Morgan fingerprint density at radius 1 is 1.38 bits per heavy atom. The lowest BCUT2D eigenvalue weighted by Crippen LogP contribution is -2.41. The van der Waals surface area contributed by atoms with Gasteiger partial charge >= 0.3 is 5.97 Å². The van der Waals surface area contributed by atoms with Crippen LogP contribution in [0.2, 0.25) is 5.02 Å². The minimum Gasteiger partial charge on any atom is -0.492 e. The lowest BCUT2D eigenvalue weighted by atomic mass is 9.97. The second kappa shape index (κ2) is 7.44. The maximum Gasteiger partial charge on any atom is 0.313 e. The number of hydrogen-bond donors (Lipinski definition) is 0. The van der Waals surface area contributed by atoms with E-state index in [9.17, 15) is 18.0 Å². The second-order valence-electron chi connectivity index (χ2n) is 6.63. The average molecular weight is 402 g/mol. The van der Waals surface area contributed by atoms with Crippen molar-refractivity contribution in [3.63, 3.8) is 0 Å². The third-order valence-electron chi connectivity index (χ3n) is 4.75. The van der Waals surface area contributed by atoms with E-state index in [1.54, 1.807) is 18.2 Å². The van der Waals surface area contributed by atoms with Gasteiger partial charge in [0.15, 0.2) is 16.4 Å². The van der Waals surface area contributed by atoms with Crippen molar-refractivity contribution in [2.24, 2.45) is 5.92 Å². The molecule has 1 fully saturated rings. The van der Waals surface area contributed by atoms with Crippen LogP contribution in [0.15, 0.2) is 18.2 Å². The first-order valence-electron chi connectivity index (χ1n) is 8.29. The molecule has 2 aliphatic rings. The number of likely N-dealkylation sites (N-methyl/N-ethyl adjacent to an activating group) is 1. The fourth-order valence-corrected chi connectivity index (χ4v) is 5.12. The molecule has 7 nitrogen and oxygen atoms in total. The van der Waals surface area contributed by atoms with Crippen LogP contribution in [-0.2, 0) is 30.6 Å². The van der Waals surface area contributed by atoms with Crippen LogP contribution in [0.4, 0.5) is 0 Å². The Hall–Kier alpha value is -1.80. The first kappa shape index (κ1) is 19.0. The van der Waals surface area contributed by atoms with E-state index in [-0.39, 0.29) is 24.2 Å². The minimum absolute atomic E-state index is 0.0444. The number of rotatable bonds is 4. The maximum atomic E-state index is 12.2. The van der Waals surface area contributed by atoms with Gasteiger partial charge in [-0.25, -0.2) is 8.42 Å². The first-order valence-corrected chi connectivity index (χ1v) is 10.5. The molecular weight excluding hydrogens is 382 g/mol. The Morgan fingerprint density at radius 2 is 2.15 bits per heavy atom. The van der Waals surface area contributed by atoms with Gasteiger partial charge in [-0.15, -0.1) is 0 Å². The topological polar surface area (TPSA) is 90.0 Å². The van der Waals surface area contributed by atoms with Gasteiger partial charge in [0.05, 0.1) is 17.4 Å². The van der Waals surface area contributed by atoms with Crippen molar-refractivity contribution >= 4 is 33.3 Å². The van der Waals surface area contributed by atoms with Crippen LogP contribution in [0.1, 0.15) is 12.0 Å². The average Bonchev–Trinajstić information content (AvgIpc) is 2.97. The number of nitrogens with zero attached hydrogens (tertiary/aromatic N) is 1. The fraction of sp³-hybridized carbons (Fsp3) is 0.529. The van der Waals surface area contributed by atoms with Crippen molar-refractivity contribution < 1.29 is 27.5 Å². The van der Waals surface area contributed by atoms with Crippen LogP contribution in [0, 0.1) is 5.92 Å². The Bertz CT molecular complexity index is 825. The molecule has 0 saturated carbocycles. The van der Waals surface area contributed by atoms with Crippen molar-refractivity contribution in [1.29, 1.82) is 0 Å². The van der Waals surface area contributed by atoms with E-state index in [2.05, 4.69) is 0 Å². The van der Waals surface area contributed by atoms with Gasteiger partial charge in [0, 0.05) is 18.1 Å². The molecule has 1 saturated heterocycles. The molecule has 0 unspecified atom stereocenters. The van der Waals surface area contributed by atoms with Crippen molar-refractivity contribution in [2.75, 3.05) is 31.8 Å². The van der Waals surface area contributed by atoms with Gasteiger partial charge < -0.3 is 14.4 Å². The van der Waals surface area contributed by atoms with Gasteiger partial charge in [-0.2, -0.15) is 0 Å². The molecule has 1 amide bonds. The number of ether oxygens (including phenoxy) is 2. The third-order valence-corrected chi connectivity index (χ3v) is 6.74. The van der Waals surface area contributed by atoms with E-state index in [4.69, 9.17) is 21.1 Å². The number of amides is 1. The summed E-state index contributed by atoms with van der Waals surface area (Å²) in [5.41, 5.74) is 0.824. The highest BCUT2D eigenvalue weighted by molar-refractivity contribution is 7.91. The molecule has 2 aliphatic heterocycles. The summed E-state index contributed by atoms with van der Waals surface area (Å²) in [7, 11) is -1.55. The van der Waals surface area contributed by atoms with Gasteiger partial charge in [0.1, 0.15) is 12.4 Å². The van der Waals surface area contributed by atoms with E-state index in [0.717, 1.165) is 5.56 Å². The number of benzene rings is 1. The molecule has 26 heavy (non-hydrogen) atoms. The van der Waals surface area contributed by atoms with Crippen LogP contribution >= 0.6 is 11.6 Å². The van der Waals surface area contributed by atoms with Crippen LogP contribution in [0.3, 0.4) is 0 Å². The van der Waals surface area contributed by atoms with Crippen molar-refractivity contribution in [3.8, 4) is 5.75 Å². The number of carbonyl (C=O) groups excluding carboxylic acids is 2. The summed E-state index contributed by atoms with van der Waals surface area (Å²) < 4.78 is 33.7. The van der Waals surface area contributed by atoms with Crippen molar-refractivity contribution in [3.05, 3.63) is 28.8 Å². The van der Waals surface area contributed by atoms with Gasteiger partial charge in [-0.05, 0) is 36.6 Å². The minimum atomic E-state index is -3.08. The van der Waals surface area contributed by atoms with Gasteiger partial charge in [-0.1, -0.05) is 11.6 Å². The standard InChI is InChI=1S/C17H20ClNO6S/c1-19(14-4-5-26(22,23)10-14)16(20)9-25-17(21)12-6-11-7-13(18)2-3-15(11)24-8-12/h2-3,7,12,14H,4-6,8-10H2,1H3/t12-,14+/m0/s1. The van der Waals surface area contributed by atoms with Crippen LogP contribution in [0.25, 0.3) is 0 Å². The molecule has 2 heterocycles. The van der Waals surface area contributed by atoms with Gasteiger partial charge in [0.25, 0.3) is 5.91 Å². The summed E-state index contributed by atoms with van der Waals surface area (Å²) in [5.74, 6) is -0.715. The predicted molar refractivity (Wildman–Crippen MR) is 94.9 cm³/mol. The Labute approximate surface area is 157 Å². The smallest absolute Gasteiger partial charge is 0.313 e. The molecule has 0 bridgehead atoms. The highest BCUT2D eigenvalue weighted by atomic mass is 35.5. The lowest BCUT2D eigenvalue weighted by Gasteiger charge is -2.25. The third kappa shape index (κ3) is 4.29. The summed E-state index contributed by atoms with van der Waals surface area (Å²) in [4.78, 5) is 25.8. The molecule has 9 heteroatoms. The number of halogens is 1. The zero-order valence-electron chi connectivity index (χ0n) is 14.3. The Balaban J connectivity index is 1.52. The lowest BCUT2D eigenvalue weighted by molar-refractivity contribution is -0.156. The van der Waals surface area contributed by atoms with E-state index in [1.807, 2.05) is 0 Å². The highest BCUT2D eigenvalue weighted by Crippen LogP contribution is 2.30. The zero-order chi connectivity index (χ0) is 18.9.